The molecule has 0 spiro atoms. The first kappa shape index (κ1) is 8.56. The largest absolute Gasteiger partial charge is 0.508 e. The van der Waals surface area contributed by atoms with Crippen molar-refractivity contribution < 1.29 is 9.94 Å². The molecule has 4 heteroatoms. The van der Waals surface area contributed by atoms with Crippen molar-refractivity contribution in [2.75, 3.05) is 0 Å². The maximum atomic E-state index is 9.23. The van der Waals surface area contributed by atoms with Crippen molar-refractivity contribution in [2.24, 2.45) is 5.16 Å². The van der Waals surface area contributed by atoms with Crippen molar-refractivity contribution >= 4 is 20.6 Å². The Morgan fingerprint density at radius 2 is 2.38 bits per heavy atom. The molecule has 0 fully saturated rings. The first-order valence-electron chi connectivity index (χ1n) is 3.93. The predicted octanol–water partition coefficient (Wildman–Crippen LogP) is 2.56. The summed E-state index contributed by atoms with van der Waals surface area (Å²) >= 11 is 3.26. The zero-order valence-corrected chi connectivity index (χ0v) is 8.36. The molecule has 0 saturated heterocycles. The SMILES string of the molecule is Oc1cccc(C2CC(Br)=NO2)c1. The van der Waals surface area contributed by atoms with Crippen molar-refractivity contribution in [1.82, 2.24) is 0 Å². The molecule has 1 aromatic carbocycles. The van der Waals surface area contributed by atoms with E-state index in [9.17, 15) is 5.11 Å². The van der Waals surface area contributed by atoms with Gasteiger partial charge in [-0.3, -0.25) is 0 Å². The van der Waals surface area contributed by atoms with E-state index in [-0.39, 0.29) is 11.9 Å². The van der Waals surface area contributed by atoms with E-state index >= 15 is 0 Å². The molecule has 1 aromatic rings. The lowest BCUT2D eigenvalue weighted by atomic mass is 10.1. The number of aromatic hydroxyl groups is 1. The summed E-state index contributed by atoms with van der Waals surface area (Å²) in [6, 6.07) is 7.02. The molecule has 0 aliphatic carbocycles. The lowest BCUT2D eigenvalue weighted by Crippen LogP contribution is -1.96. The van der Waals surface area contributed by atoms with Crippen LogP contribution < -0.4 is 0 Å². The third-order valence-corrected chi connectivity index (χ3v) is 2.34. The molecule has 0 saturated carbocycles. The van der Waals surface area contributed by atoms with Gasteiger partial charge in [0, 0.05) is 6.42 Å². The third-order valence-electron chi connectivity index (χ3n) is 1.87. The van der Waals surface area contributed by atoms with Gasteiger partial charge in [0.15, 0.2) is 6.10 Å². The highest BCUT2D eigenvalue weighted by molar-refractivity contribution is 9.18. The Kier molecular flexibility index (Phi) is 2.22. The average Bonchev–Trinajstić information content (AvgIpc) is 2.52. The molecule has 0 radical (unpaired) electrons. The van der Waals surface area contributed by atoms with Gasteiger partial charge in [0.1, 0.15) is 10.4 Å². The van der Waals surface area contributed by atoms with Crippen molar-refractivity contribution in [2.45, 2.75) is 12.5 Å². The van der Waals surface area contributed by atoms with Gasteiger partial charge >= 0.3 is 0 Å². The standard InChI is InChI=1S/C9H8BrNO2/c10-9-5-8(13-11-9)6-2-1-3-7(12)4-6/h1-4,8,12H,5H2. The number of halogens is 1. The van der Waals surface area contributed by atoms with Gasteiger partial charge in [-0.15, -0.1) is 0 Å². The summed E-state index contributed by atoms with van der Waals surface area (Å²) in [7, 11) is 0. The fourth-order valence-corrected chi connectivity index (χ4v) is 1.63. The average molecular weight is 242 g/mol. The molecule has 0 aromatic heterocycles. The first-order chi connectivity index (χ1) is 6.25. The molecule has 68 valence electrons. The Labute approximate surface area is 84.1 Å². The highest BCUT2D eigenvalue weighted by Gasteiger charge is 2.21. The number of hydrogen-bond donors (Lipinski definition) is 1. The Morgan fingerprint density at radius 1 is 1.54 bits per heavy atom. The van der Waals surface area contributed by atoms with Gasteiger partial charge < -0.3 is 9.94 Å². The zero-order valence-electron chi connectivity index (χ0n) is 6.77. The topological polar surface area (TPSA) is 41.8 Å². The molecule has 0 bridgehead atoms. The monoisotopic (exact) mass is 241 g/mol. The van der Waals surface area contributed by atoms with Crippen LogP contribution in [-0.4, -0.2) is 9.73 Å². The van der Waals surface area contributed by atoms with Crippen LogP contribution in [-0.2, 0) is 4.84 Å². The summed E-state index contributed by atoms with van der Waals surface area (Å²) in [6.07, 6.45) is 0.658. The van der Waals surface area contributed by atoms with Gasteiger partial charge in [-0.25, -0.2) is 0 Å². The van der Waals surface area contributed by atoms with Gasteiger partial charge in [-0.05, 0) is 33.6 Å². The minimum Gasteiger partial charge on any atom is -0.508 e. The van der Waals surface area contributed by atoms with E-state index in [1.807, 2.05) is 6.07 Å². The van der Waals surface area contributed by atoms with Gasteiger partial charge in [0.25, 0.3) is 0 Å². The van der Waals surface area contributed by atoms with Crippen LogP contribution in [0.3, 0.4) is 0 Å². The lowest BCUT2D eigenvalue weighted by molar-refractivity contribution is 0.0856. The highest BCUT2D eigenvalue weighted by Crippen LogP contribution is 2.30. The maximum Gasteiger partial charge on any atom is 0.158 e. The summed E-state index contributed by atoms with van der Waals surface area (Å²) in [5.41, 5.74) is 0.943. The summed E-state index contributed by atoms with van der Waals surface area (Å²) in [5.74, 6) is 0.254. The summed E-state index contributed by atoms with van der Waals surface area (Å²) < 4.78 is 0.806. The molecule has 1 aliphatic rings. The van der Waals surface area contributed by atoms with Crippen LogP contribution in [0.4, 0.5) is 0 Å². The quantitative estimate of drug-likeness (QED) is 0.822. The number of hydrogen-bond acceptors (Lipinski definition) is 3. The first-order valence-corrected chi connectivity index (χ1v) is 4.72. The zero-order chi connectivity index (χ0) is 9.26. The van der Waals surface area contributed by atoms with E-state index in [0.29, 0.717) is 0 Å². The van der Waals surface area contributed by atoms with Crippen LogP contribution in [0, 0.1) is 0 Å². The van der Waals surface area contributed by atoms with Crippen LogP contribution >= 0.6 is 15.9 Å². The van der Waals surface area contributed by atoms with Crippen molar-refractivity contribution in [1.29, 1.82) is 0 Å². The van der Waals surface area contributed by atoms with Gasteiger partial charge in [0.05, 0.1) is 0 Å². The van der Waals surface area contributed by atoms with E-state index in [1.54, 1.807) is 18.2 Å². The fraction of sp³-hybridized carbons (Fsp3) is 0.222. The smallest absolute Gasteiger partial charge is 0.158 e. The lowest BCUT2D eigenvalue weighted by Gasteiger charge is -2.07. The van der Waals surface area contributed by atoms with Crippen molar-refractivity contribution in [3.63, 3.8) is 0 Å². The van der Waals surface area contributed by atoms with Gasteiger partial charge in [-0.2, -0.15) is 0 Å². The molecule has 1 aliphatic heterocycles. The molecular weight excluding hydrogens is 234 g/mol. The predicted molar refractivity (Wildman–Crippen MR) is 52.9 cm³/mol. The summed E-state index contributed by atoms with van der Waals surface area (Å²) in [5, 5.41) is 13.0. The van der Waals surface area contributed by atoms with Gasteiger partial charge in [-0.1, -0.05) is 17.3 Å². The molecule has 1 atom stereocenters. The van der Waals surface area contributed by atoms with Crippen LogP contribution in [0.25, 0.3) is 0 Å². The highest BCUT2D eigenvalue weighted by atomic mass is 79.9. The van der Waals surface area contributed by atoms with E-state index in [0.717, 1.165) is 16.6 Å². The van der Waals surface area contributed by atoms with Crippen LogP contribution in [0.15, 0.2) is 29.4 Å². The van der Waals surface area contributed by atoms with E-state index in [1.165, 1.54) is 0 Å². The van der Waals surface area contributed by atoms with E-state index in [4.69, 9.17) is 4.84 Å². The van der Waals surface area contributed by atoms with Crippen LogP contribution in [0.2, 0.25) is 0 Å². The minimum absolute atomic E-state index is 0.0681. The Hall–Kier alpha value is -1.03. The molecule has 1 unspecified atom stereocenters. The molecule has 1 N–H and O–H groups in total. The second kappa shape index (κ2) is 3.38. The number of nitrogens with zero attached hydrogens (tertiary/aromatic N) is 1. The molecule has 3 nitrogen and oxygen atoms in total. The van der Waals surface area contributed by atoms with Gasteiger partial charge in [0.2, 0.25) is 0 Å². The normalized spacial score (nSPS) is 21.0. The molecule has 2 rings (SSSR count). The number of rotatable bonds is 1. The Morgan fingerprint density at radius 3 is 3.00 bits per heavy atom. The summed E-state index contributed by atoms with van der Waals surface area (Å²) in [4.78, 5) is 5.14. The Bertz CT molecular complexity index is 351. The summed E-state index contributed by atoms with van der Waals surface area (Å²) in [6.45, 7) is 0. The van der Waals surface area contributed by atoms with E-state index < -0.39 is 0 Å². The second-order valence-electron chi connectivity index (χ2n) is 2.86. The third kappa shape index (κ3) is 1.83. The molecule has 13 heavy (non-hydrogen) atoms. The number of benzene rings is 1. The van der Waals surface area contributed by atoms with Crippen molar-refractivity contribution in [3.05, 3.63) is 29.8 Å². The van der Waals surface area contributed by atoms with E-state index in [2.05, 4.69) is 21.1 Å². The van der Waals surface area contributed by atoms with Crippen LogP contribution in [0.1, 0.15) is 18.1 Å². The van der Waals surface area contributed by atoms with Crippen molar-refractivity contribution in [3.8, 4) is 5.75 Å². The number of oxime groups is 1. The fourth-order valence-electron chi connectivity index (χ4n) is 1.25. The molecule has 0 amide bonds. The Balaban J connectivity index is 2.18. The van der Waals surface area contributed by atoms with Crippen LogP contribution in [0.5, 0.6) is 5.75 Å². The molecular formula is C9H8BrNO2. The minimum atomic E-state index is -0.0681. The number of phenols is 1. The molecule has 1 heterocycles. The maximum absolute atomic E-state index is 9.23. The number of phenolic OH excluding ortho intramolecular Hbond substituents is 1. The second-order valence-corrected chi connectivity index (χ2v) is 3.78.